The Morgan fingerprint density at radius 2 is 0.800 bits per heavy atom. The highest BCUT2D eigenvalue weighted by Gasteiger charge is 2.15. The lowest BCUT2D eigenvalue weighted by Crippen LogP contribution is -1.90. The molecule has 0 fully saturated rings. The third-order valence-electron chi connectivity index (χ3n) is 2.03. The van der Waals surface area contributed by atoms with Crippen LogP contribution in [-0.4, -0.2) is 0 Å². The summed E-state index contributed by atoms with van der Waals surface area (Å²) in [7, 11) is 0. The molecule has 0 atom stereocenters. The fourth-order valence-electron chi connectivity index (χ4n) is 1.26. The predicted octanol–water partition coefficient (Wildman–Crippen LogP) is 5.58. The number of benzene rings is 1. The first-order chi connectivity index (χ1) is 7.08. The topological polar surface area (TPSA) is 0 Å². The van der Waals surface area contributed by atoms with Gasteiger partial charge in [0.2, 0.25) is 0 Å². The van der Waals surface area contributed by atoms with Crippen molar-refractivity contribution in [3.63, 3.8) is 0 Å². The highest BCUT2D eigenvalue weighted by Crippen LogP contribution is 2.39. The van der Waals surface area contributed by atoms with E-state index in [1.165, 1.54) is 0 Å². The molecule has 0 aliphatic carbocycles. The van der Waals surface area contributed by atoms with Gasteiger partial charge in [-0.2, -0.15) is 0 Å². The van der Waals surface area contributed by atoms with E-state index < -0.39 is 0 Å². The summed E-state index contributed by atoms with van der Waals surface area (Å²) in [6, 6.07) is 0. The summed E-state index contributed by atoms with van der Waals surface area (Å²) in [4.78, 5) is 0. The van der Waals surface area contributed by atoms with Gasteiger partial charge < -0.3 is 0 Å². The fraction of sp³-hybridized carbons (Fsp3) is 0. The fourth-order valence-corrected chi connectivity index (χ4v) is 2.44. The van der Waals surface area contributed by atoms with Crippen LogP contribution in [0.1, 0.15) is 16.7 Å². The molecule has 0 amide bonds. The van der Waals surface area contributed by atoms with Crippen molar-refractivity contribution in [3.8, 4) is 0 Å². The maximum Gasteiger partial charge on any atom is 0.0580 e. The summed E-state index contributed by atoms with van der Waals surface area (Å²) in [5.41, 5.74) is 1.94. The maximum absolute atomic E-state index is 6.10. The number of hydrogen-bond donors (Lipinski definition) is 0. The van der Waals surface area contributed by atoms with Crippen molar-refractivity contribution >= 4 is 53.0 Å². The third-order valence-corrected chi connectivity index (χ3v) is 3.25. The molecule has 1 rings (SSSR count). The normalized spacial score (nSPS) is 9.80. The van der Waals surface area contributed by atoms with Crippen LogP contribution >= 0.6 is 34.8 Å². The minimum atomic E-state index is 0.459. The molecule has 0 saturated heterocycles. The lowest BCUT2D eigenvalue weighted by atomic mass is 10.0. The Balaban J connectivity index is 3.79. The summed E-state index contributed by atoms with van der Waals surface area (Å²) < 4.78 is 0. The van der Waals surface area contributed by atoms with E-state index in [0.29, 0.717) is 31.8 Å². The Labute approximate surface area is 104 Å². The van der Waals surface area contributed by atoms with E-state index in [9.17, 15) is 0 Å². The number of halogens is 3. The molecule has 15 heavy (non-hydrogen) atoms. The van der Waals surface area contributed by atoms with Crippen molar-refractivity contribution in [3.05, 3.63) is 51.5 Å². The zero-order valence-corrected chi connectivity index (χ0v) is 10.3. The van der Waals surface area contributed by atoms with Crippen molar-refractivity contribution < 1.29 is 0 Å². The van der Waals surface area contributed by atoms with Gasteiger partial charge in [-0.1, -0.05) is 72.8 Å². The minimum absolute atomic E-state index is 0.459. The van der Waals surface area contributed by atoms with Crippen LogP contribution in [0, 0.1) is 0 Å². The second-order valence-electron chi connectivity index (χ2n) is 2.80. The highest BCUT2D eigenvalue weighted by atomic mass is 35.5. The summed E-state index contributed by atoms with van der Waals surface area (Å²) >= 11 is 18.3. The van der Waals surface area contributed by atoms with Crippen LogP contribution in [-0.2, 0) is 0 Å². The van der Waals surface area contributed by atoms with Crippen LogP contribution in [0.4, 0.5) is 0 Å². The molecule has 0 N–H and O–H groups in total. The maximum atomic E-state index is 6.10. The third kappa shape index (κ3) is 1.98. The molecule has 78 valence electrons. The van der Waals surface area contributed by atoms with Gasteiger partial charge in [0.25, 0.3) is 0 Å². The molecule has 0 aliphatic heterocycles. The Kier molecular flexibility index (Phi) is 4.04. The molecule has 0 nitrogen and oxygen atoms in total. The van der Waals surface area contributed by atoms with Gasteiger partial charge >= 0.3 is 0 Å². The molecule has 0 aromatic heterocycles. The van der Waals surface area contributed by atoms with Crippen molar-refractivity contribution in [1.82, 2.24) is 0 Å². The van der Waals surface area contributed by atoms with Gasteiger partial charge in [-0.05, 0) is 0 Å². The Bertz CT molecular complexity index is 357. The van der Waals surface area contributed by atoms with Crippen LogP contribution in [0.15, 0.2) is 19.7 Å². The first-order valence-electron chi connectivity index (χ1n) is 4.16. The lowest BCUT2D eigenvalue weighted by Gasteiger charge is -2.12. The molecule has 0 bridgehead atoms. The highest BCUT2D eigenvalue weighted by molar-refractivity contribution is 6.43. The van der Waals surface area contributed by atoms with Crippen LogP contribution < -0.4 is 0 Å². The van der Waals surface area contributed by atoms with E-state index in [2.05, 4.69) is 19.7 Å². The predicted molar refractivity (Wildman–Crippen MR) is 71.7 cm³/mol. The molecular formula is C12H9Cl3. The van der Waals surface area contributed by atoms with Gasteiger partial charge in [-0.3, -0.25) is 0 Å². The lowest BCUT2D eigenvalue weighted by molar-refractivity contribution is 1.58. The van der Waals surface area contributed by atoms with E-state index in [1.807, 2.05) is 0 Å². The van der Waals surface area contributed by atoms with Crippen molar-refractivity contribution in [2.75, 3.05) is 0 Å². The van der Waals surface area contributed by atoms with Gasteiger partial charge in [-0.15, -0.1) is 0 Å². The molecule has 1 aromatic carbocycles. The van der Waals surface area contributed by atoms with E-state index in [0.717, 1.165) is 0 Å². The number of rotatable bonds is 3. The van der Waals surface area contributed by atoms with Crippen molar-refractivity contribution in [2.45, 2.75) is 0 Å². The quantitative estimate of drug-likeness (QED) is 0.665. The summed E-state index contributed by atoms with van der Waals surface area (Å²) in [6.45, 7) is 11.0. The second kappa shape index (κ2) is 4.89. The first kappa shape index (κ1) is 12.4. The van der Waals surface area contributed by atoms with Crippen molar-refractivity contribution in [1.29, 1.82) is 0 Å². The molecule has 0 heterocycles. The van der Waals surface area contributed by atoms with Gasteiger partial charge in [0.1, 0.15) is 0 Å². The van der Waals surface area contributed by atoms with E-state index in [1.54, 1.807) is 18.2 Å². The van der Waals surface area contributed by atoms with Gasteiger partial charge in [-0.25, -0.2) is 0 Å². The Hall–Kier alpha value is -0.690. The van der Waals surface area contributed by atoms with Crippen LogP contribution in [0.5, 0.6) is 0 Å². The van der Waals surface area contributed by atoms with E-state index >= 15 is 0 Å². The smallest absolute Gasteiger partial charge is 0.0580 e. The zero-order valence-electron chi connectivity index (χ0n) is 7.99. The summed E-state index contributed by atoms with van der Waals surface area (Å²) in [5.74, 6) is 0. The van der Waals surface area contributed by atoms with Gasteiger partial charge in [0, 0.05) is 16.7 Å². The standard InChI is InChI=1S/C12H9Cl3/c1-4-7-10(13)8(5-2)12(15)9(6-3)11(7)14/h4-6H,1-3H2. The molecule has 0 aliphatic rings. The van der Waals surface area contributed by atoms with E-state index in [-0.39, 0.29) is 0 Å². The molecule has 3 heteroatoms. The average Bonchev–Trinajstić information content (AvgIpc) is 2.19. The second-order valence-corrected chi connectivity index (χ2v) is 3.93. The van der Waals surface area contributed by atoms with E-state index in [4.69, 9.17) is 34.8 Å². The monoisotopic (exact) mass is 258 g/mol. The molecule has 0 unspecified atom stereocenters. The molecule has 0 radical (unpaired) electrons. The molecule has 0 spiro atoms. The summed E-state index contributed by atoms with van der Waals surface area (Å²) in [6.07, 6.45) is 4.75. The molecule has 1 aromatic rings. The van der Waals surface area contributed by atoms with Gasteiger partial charge in [0.15, 0.2) is 0 Å². The minimum Gasteiger partial charge on any atom is -0.0984 e. The Morgan fingerprint density at radius 3 is 0.933 bits per heavy atom. The first-order valence-corrected chi connectivity index (χ1v) is 5.29. The SMILES string of the molecule is C=Cc1c(Cl)c(C=C)c(Cl)c(C=C)c1Cl. The zero-order chi connectivity index (χ0) is 11.6. The van der Waals surface area contributed by atoms with Crippen molar-refractivity contribution in [2.24, 2.45) is 0 Å². The van der Waals surface area contributed by atoms with Crippen LogP contribution in [0.25, 0.3) is 18.2 Å². The van der Waals surface area contributed by atoms with Crippen LogP contribution in [0.2, 0.25) is 15.1 Å². The Morgan fingerprint density at radius 1 is 0.600 bits per heavy atom. The largest absolute Gasteiger partial charge is 0.0984 e. The number of hydrogen-bond acceptors (Lipinski definition) is 0. The molecular weight excluding hydrogens is 250 g/mol. The van der Waals surface area contributed by atoms with Gasteiger partial charge in [0.05, 0.1) is 15.1 Å². The van der Waals surface area contributed by atoms with Crippen LogP contribution in [0.3, 0.4) is 0 Å². The summed E-state index contributed by atoms with van der Waals surface area (Å²) in [5, 5.41) is 1.38. The average molecular weight is 260 g/mol. The molecule has 0 saturated carbocycles.